The monoisotopic (exact) mass is 236 g/mol. The van der Waals surface area contributed by atoms with Gasteiger partial charge >= 0.3 is 0 Å². The minimum Gasteiger partial charge on any atom is -0.367 e. The van der Waals surface area contributed by atoms with E-state index in [2.05, 4.69) is 25.5 Å². The van der Waals surface area contributed by atoms with E-state index in [1.807, 2.05) is 0 Å². The molecule has 2 rings (SSSR count). The molecule has 0 unspecified atom stereocenters. The molecule has 17 heavy (non-hydrogen) atoms. The molecule has 0 aliphatic heterocycles. The first-order valence-corrected chi connectivity index (χ1v) is 4.89. The molecular formula is C8H12N8O. The Labute approximate surface area is 96.7 Å². The van der Waals surface area contributed by atoms with Gasteiger partial charge in [-0.1, -0.05) is 0 Å². The molecule has 0 saturated heterocycles. The van der Waals surface area contributed by atoms with Gasteiger partial charge in [-0.25, -0.2) is 14.6 Å². The van der Waals surface area contributed by atoms with Gasteiger partial charge in [0.15, 0.2) is 5.82 Å². The number of nitrogens with one attached hydrogen (secondary N) is 1. The Kier molecular flexibility index (Phi) is 2.99. The number of nitrogens with two attached hydrogens (primary N) is 1. The second kappa shape index (κ2) is 4.60. The summed E-state index contributed by atoms with van der Waals surface area (Å²) in [5.41, 5.74) is 5.32. The zero-order valence-corrected chi connectivity index (χ0v) is 9.24. The van der Waals surface area contributed by atoms with Crippen LogP contribution in [0, 0.1) is 0 Å². The molecule has 0 bridgehead atoms. The minimum atomic E-state index is -0.206. The summed E-state index contributed by atoms with van der Waals surface area (Å²) in [6.07, 6.45) is 2.97. The SMILES string of the molecule is Cn1cnc(CNC(=O)Cn2cnc(N)n2)n1. The third-order valence-electron chi connectivity index (χ3n) is 1.95. The first-order valence-electron chi connectivity index (χ1n) is 4.89. The van der Waals surface area contributed by atoms with E-state index in [1.165, 1.54) is 11.0 Å². The number of nitrogen functional groups attached to an aromatic ring is 1. The van der Waals surface area contributed by atoms with Crippen molar-refractivity contribution in [2.45, 2.75) is 13.1 Å². The normalized spacial score (nSPS) is 10.4. The highest BCUT2D eigenvalue weighted by atomic mass is 16.2. The number of carbonyl (C=O) groups is 1. The summed E-state index contributed by atoms with van der Waals surface area (Å²) in [5.74, 6) is 0.491. The summed E-state index contributed by atoms with van der Waals surface area (Å²) in [6.45, 7) is 0.348. The third-order valence-corrected chi connectivity index (χ3v) is 1.95. The molecule has 0 aliphatic rings. The zero-order valence-electron chi connectivity index (χ0n) is 9.24. The van der Waals surface area contributed by atoms with Gasteiger partial charge in [-0.15, -0.1) is 5.10 Å². The fraction of sp³-hybridized carbons (Fsp3) is 0.375. The average Bonchev–Trinajstić information content (AvgIpc) is 2.85. The predicted octanol–water partition coefficient (Wildman–Crippen LogP) is -1.69. The van der Waals surface area contributed by atoms with Gasteiger partial charge in [-0.2, -0.15) is 5.10 Å². The van der Waals surface area contributed by atoms with Gasteiger partial charge in [0.25, 0.3) is 0 Å². The second-order valence-electron chi connectivity index (χ2n) is 3.41. The number of aryl methyl sites for hydroxylation is 1. The maximum atomic E-state index is 11.5. The van der Waals surface area contributed by atoms with E-state index in [0.717, 1.165) is 0 Å². The van der Waals surface area contributed by atoms with Gasteiger partial charge in [0, 0.05) is 7.05 Å². The fourth-order valence-electron chi connectivity index (χ4n) is 1.23. The van der Waals surface area contributed by atoms with Crippen molar-refractivity contribution in [2.24, 2.45) is 7.05 Å². The van der Waals surface area contributed by atoms with Gasteiger partial charge in [0.05, 0.1) is 6.54 Å². The van der Waals surface area contributed by atoms with E-state index in [0.29, 0.717) is 5.82 Å². The Morgan fingerprint density at radius 2 is 2.24 bits per heavy atom. The predicted molar refractivity (Wildman–Crippen MR) is 57.3 cm³/mol. The van der Waals surface area contributed by atoms with Crippen LogP contribution in [-0.4, -0.2) is 35.4 Å². The number of carbonyl (C=O) groups excluding carboxylic acids is 1. The van der Waals surface area contributed by atoms with E-state index in [9.17, 15) is 4.79 Å². The molecule has 0 radical (unpaired) electrons. The zero-order chi connectivity index (χ0) is 12.3. The molecule has 0 aromatic carbocycles. The van der Waals surface area contributed by atoms with E-state index in [-0.39, 0.29) is 24.9 Å². The van der Waals surface area contributed by atoms with Gasteiger partial charge in [-0.05, 0) is 0 Å². The van der Waals surface area contributed by atoms with Crippen LogP contribution in [-0.2, 0) is 24.9 Å². The lowest BCUT2D eigenvalue weighted by atomic mass is 10.5. The smallest absolute Gasteiger partial charge is 0.242 e. The van der Waals surface area contributed by atoms with E-state index in [1.54, 1.807) is 18.1 Å². The highest BCUT2D eigenvalue weighted by Crippen LogP contribution is 1.90. The molecule has 0 saturated carbocycles. The Balaban J connectivity index is 1.82. The number of aromatic nitrogens is 6. The van der Waals surface area contributed by atoms with Crippen molar-refractivity contribution in [2.75, 3.05) is 5.73 Å². The van der Waals surface area contributed by atoms with Crippen LogP contribution in [0.25, 0.3) is 0 Å². The summed E-state index contributed by atoms with van der Waals surface area (Å²) in [5, 5.41) is 10.5. The minimum absolute atomic E-state index is 0.0665. The first-order chi connectivity index (χ1) is 8.13. The number of amides is 1. The first kappa shape index (κ1) is 11.0. The van der Waals surface area contributed by atoms with Crippen molar-refractivity contribution < 1.29 is 4.79 Å². The molecule has 2 heterocycles. The molecule has 3 N–H and O–H groups in total. The standard InChI is InChI=1S/C8H12N8O/c1-15-4-11-6(13-15)2-10-7(17)3-16-5-12-8(9)14-16/h4-5H,2-3H2,1H3,(H2,9,14)(H,10,17). The summed E-state index contributed by atoms with van der Waals surface area (Å²) in [6, 6.07) is 0. The molecule has 0 atom stereocenters. The highest BCUT2D eigenvalue weighted by molar-refractivity contribution is 5.75. The number of hydrogen-bond acceptors (Lipinski definition) is 6. The Bertz CT molecular complexity index is 515. The molecule has 9 heteroatoms. The number of hydrogen-bond donors (Lipinski definition) is 2. The Morgan fingerprint density at radius 3 is 2.82 bits per heavy atom. The van der Waals surface area contributed by atoms with E-state index < -0.39 is 0 Å². The van der Waals surface area contributed by atoms with Crippen LogP contribution >= 0.6 is 0 Å². The molecule has 1 amide bonds. The van der Waals surface area contributed by atoms with Crippen LogP contribution in [0.3, 0.4) is 0 Å². The van der Waals surface area contributed by atoms with Crippen LogP contribution in [0.2, 0.25) is 0 Å². The summed E-state index contributed by atoms with van der Waals surface area (Å²) in [4.78, 5) is 19.2. The van der Waals surface area contributed by atoms with E-state index in [4.69, 9.17) is 5.73 Å². The molecular weight excluding hydrogens is 224 g/mol. The van der Waals surface area contributed by atoms with Crippen molar-refractivity contribution in [3.05, 3.63) is 18.5 Å². The van der Waals surface area contributed by atoms with Gasteiger partial charge < -0.3 is 11.1 Å². The van der Waals surface area contributed by atoms with Crippen molar-refractivity contribution >= 4 is 11.9 Å². The quantitative estimate of drug-likeness (QED) is 0.654. The van der Waals surface area contributed by atoms with Crippen LogP contribution in [0.15, 0.2) is 12.7 Å². The second-order valence-corrected chi connectivity index (χ2v) is 3.41. The Hall–Kier alpha value is -2.45. The molecule has 2 aromatic heterocycles. The van der Waals surface area contributed by atoms with Crippen LogP contribution in [0.1, 0.15) is 5.82 Å². The van der Waals surface area contributed by atoms with Crippen molar-refractivity contribution in [1.82, 2.24) is 34.8 Å². The molecule has 0 spiro atoms. The van der Waals surface area contributed by atoms with Crippen molar-refractivity contribution in [1.29, 1.82) is 0 Å². The van der Waals surface area contributed by atoms with Crippen LogP contribution in [0.5, 0.6) is 0 Å². The number of anilines is 1. The van der Waals surface area contributed by atoms with Crippen molar-refractivity contribution in [3.63, 3.8) is 0 Å². The number of rotatable bonds is 4. The lowest BCUT2D eigenvalue weighted by molar-refractivity contribution is -0.122. The molecule has 9 nitrogen and oxygen atoms in total. The number of nitrogens with zero attached hydrogens (tertiary/aromatic N) is 6. The average molecular weight is 236 g/mol. The maximum Gasteiger partial charge on any atom is 0.242 e. The molecule has 2 aromatic rings. The summed E-state index contributed by atoms with van der Waals surface area (Å²) < 4.78 is 2.93. The maximum absolute atomic E-state index is 11.5. The van der Waals surface area contributed by atoms with E-state index >= 15 is 0 Å². The molecule has 0 aliphatic carbocycles. The summed E-state index contributed by atoms with van der Waals surface area (Å²) in [7, 11) is 1.76. The molecule has 0 fully saturated rings. The summed E-state index contributed by atoms with van der Waals surface area (Å²) >= 11 is 0. The molecule has 90 valence electrons. The Morgan fingerprint density at radius 1 is 1.41 bits per heavy atom. The van der Waals surface area contributed by atoms with Gasteiger partial charge in [0.1, 0.15) is 19.2 Å². The van der Waals surface area contributed by atoms with Gasteiger partial charge in [0.2, 0.25) is 11.9 Å². The van der Waals surface area contributed by atoms with Crippen molar-refractivity contribution in [3.8, 4) is 0 Å². The third kappa shape index (κ3) is 3.00. The van der Waals surface area contributed by atoms with Crippen LogP contribution < -0.4 is 11.1 Å². The topological polar surface area (TPSA) is 117 Å². The largest absolute Gasteiger partial charge is 0.367 e. The lowest BCUT2D eigenvalue weighted by Gasteiger charge is -2.01. The van der Waals surface area contributed by atoms with Crippen LogP contribution in [0.4, 0.5) is 5.95 Å². The fourth-order valence-corrected chi connectivity index (χ4v) is 1.23. The highest BCUT2D eigenvalue weighted by Gasteiger charge is 2.06. The lowest BCUT2D eigenvalue weighted by Crippen LogP contribution is -2.27. The van der Waals surface area contributed by atoms with Gasteiger partial charge in [-0.3, -0.25) is 9.48 Å².